The van der Waals surface area contributed by atoms with Crippen LogP contribution in [-0.2, 0) is 17.8 Å². The van der Waals surface area contributed by atoms with E-state index < -0.39 is 0 Å². The molecule has 1 aliphatic heterocycles. The third kappa shape index (κ3) is 4.52. The molecule has 0 saturated carbocycles. The van der Waals surface area contributed by atoms with Gasteiger partial charge in [-0.15, -0.1) is 0 Å². The molecular formula is C20H25ClN4O2. The zero-order chi connectivity index (χ0) is 18.6. The maximum atomic E-state index is 6.22. The zero-order valence-corrected chi connectivity index (χ0v) is 16.4. The standard InChI is InChI=1S/C20H25ClN4O2/c1-16-19(25-13-17(21)4-5-20(25)22-16)15-24(14-18-3-2-10-27-18)7-6-23-8-11-26-12-9-23/h2-5,10,13H,6-9,11-12,14-15H2,1H3. The maximum absolute atomic E-state index is 6.22. The Balaban J connectivity index is 1.53. The molecule has 1 saturated heterocycles. The van der Waals surface area contributed by atoms with E-state index in [4.69, 9.17) is 20.8 Å². The van der Waals surface area contributed by atoms with E-state index in [1.807, 2.05) is 30.5 Å². The predicted octanol–water partition coefficient (Wildman–Crippen LogP) is 3.22. The van der Waals surface area contributed by atoms with Gasteiger partial charge in [-0.3, -0.25) is 9.80 Å². The van der Waals surface area contributed by atoms with Crippen LogP contribution in [0.15, 0.2) is 41.1 Å². The third-order valence-corrected chi connectivity index (χ3v) is 5.27. The van der Waals surface area contributed by atoms with Crippen LogP contribution in [0.5, 0.6) is 0 Å². The van der Waals surface area contributed by atoms with Crippen molar-refractivity contribution in [3.63, 3.8) is 0 Å². The lowest BCUT2D eigenvalue weighted by Gasteiger charge is -2.29. The Bertz CT molecular complexity index is 872. The van der Waals surface area contributed by atoms with Crippen molar-refractivity contribution < 1.29 is 9.15 Å². The molecule has 0 spiro atoms. The van der Waals surface area contributed by atoms with Crippen molar-refractivity contribution in [2.24, 2.45) is 0 Å². The highest BCUT2D eigenvalue weighted by molar-refractivity contribution is 6.30. The van der Waals surface area contributed by atoms with E-state index >= 15 is 0 Å². The molecule has 7 heteroatoms. The van der Waals surface area contributed by atoms with Crippen LogP contribution in [0.1, 0.15) is 17.1 Å². The summed E-state index contributed by atoms with van der Waals surface area (Å²) in [6, 6.07) is 7.81. The molecule has 4 heterocycles. The highest BCUT2D eigenvalue weighted by Crippen LogP contribution is 2.19. The van der Waals surface area contributed by atoms with Gasteiger partial charge in [0.2, 0.25) is 0 Å². The number of hydrogen-bond acceptors (Lipinski definition) is 5. The van der Waals surface area contributed by atoms with Gasteiger partial charge in [0.15, 0.2) is 0 Å². The average molecular weight is 389 g/mol. The first kappa shape index (κ1) is 18.5. The first-order valence-electron chi connectivity index (χ1n) is 9.37. The molecular weight excluding hydrogens is 364 g/mol. The van der Waals surface area contributed by atoms with E-state index in [1.54, 1.807) is 6.26 Å². The lowest BCUT2D eigenvalue weighted by molar-refractivity contribution is 0.0320. The smallest absolute Gasteiger partial charge is 0.137 e. The fourth-order valence-corrected chi connectivity index (χ4v) is 3.69. The van der Waals surface area contributed by atoms with Gasteiger partial charge < -0.3 is 13.6 Å². The summed E-state index contributed by atoms with van der Waals surface area (Å²) in [5, 5.41) is 0.715. The topological polar surface area (TPSA) is 46.2 Å². The molecule has 27 heavy (non-hydrogen) atoms. The van der Waals surface area contributed by atoms with Gasteiger partial charge in [0, 0.05) is 38.9 Å². The van der Waals surface area contributed by atoms with E-state index in [2.05, 4.69) is 26.1 Å². The molecule has 0 amide bonds. The van der Waals surface area contributed by atoms with Gasteiger partial charge in [-0.2, -0.15) is 0 Å². The van der Waals surface area contributed by atoms with Gasteiger partial charge >= 0.3 is 0 Å². The van der Waals surface area contributed by atoms with Crippen molar-refractivity contribution in [1.29, 1.82) is 0 Å². The Morgan fingerprint density at radius 1 is 1.19 bits per heavy atom. The molecule has 0 radical (unpaired) electrons. The van der Waals surface area contributed by atoms with Gasteiger partial charge in [0.1, 0.15) is 11.4 Å². The average Bonchev–Trinajstić information content (AvgIpc) is 3.29. The van der Waals surface area contributed by atoms with Crippen LogP contribution in [-0.4, -0.2) is 58.6 Å². The molecule has 1 aliphatic rings. The molecule has 144 valence electrons. The van der Waals surface area contributed by atoms with Crippen LogP contribution in [0.3, 0.4) is 0 Å². The molecule has 0 atom stereocenters. The SMILES string of the molecule is Cc1nc2ccc(Cl)cn2c1CN(CCN1CCOCC1)Cc1ccco1. The van der Waals surface area contributed by atoms with E-state index in [1.165, 1.54) is 5.69 Å². The highest BCUT2D eigenvalue weighted by Gasteiger charge is 2.17. The molecule has 3 aromatic rings. The lowest BCUT2D eigenvalue weighted by atomic mass is 10.3. The van der Waals surface area contributed by atoms with E-state index in [0.717, 1.165) is 69.6 Å². The Morgan fingerprint density at radius 2 is 2.04 bits per heavy atom. The number of furan rings is 1. The van der Waals surface area contributed by atoms with Crippen molar-refractivity contribution in [2.75, 3.05) is 39.4 Å². The van der Waals surface area contributed by atoms with Crippen molar-refractivity contribution >= 4 is 17.2 Å². The summed E-state index contributed by atoms with van der Waals surface area (Å²) in [6.45, 7) is 9.23. The van der Waals surface area contributed by atoms with Gasteiger partial charge in [-0.25, -0.2) is 4.98 Å². The second kappa shape index (κ2) is 8.44. The quantitative estimate of drug-likeness (QED) is 0.622. The molecule has 0 N–H and O–H groups in total. The summed E-state index contributed by atoms with van der Waals surface area (Å²) in [4.78, 5) is 9.55. The molecule has 0 aliphatic carbocycles. The summed E-state index contributed by atoms with van der Waals surface area (Å²) < 4.78 is 13.1. The Morgan fingerprint density at radius 3 is 2.81 bits per heavy atom. The van der Waals surface area contributed by atoms with Gasteiger partial charge in [-0.1, -0.05) is 11.6 Å². The second-order valence-corrected chi connectivity index (χ2v) is 7.40. The molecule has 4 rings (SSSR count). The van der Waals surface area contributed by atoms with Crippen LogP contribution >= 0.6 is 11.6 Å². The number of pyridine rings is 1. The first-order valence-corrected chi connectivity index (χ1v) is 9.75. The predicted molar refractivity (Wildman–Crippen MR) is 105 cm³/mol. The Kier molecular flexibility index (Phi) is 5.78. The van der Waals surface area contributed by atoms with Gasteiger partial charge in [-0.05, 0) is 31.2 Å². The molecule has 3 aromatic heterocycles. The number of morpholine rings is 1. The fraction of sp³-hybridized carbons (Fsp3) is 0.450. The number of aromatic nitrogens is 2. The summed E-state index contributed by atoms with van der Waals surface area (Å²) in [5.41, 5.74) is 3.13. The van der Waals surface area contributed by atoms with Gasteiger partial charge in [0.25, 0.3) is 0 Å². The fourth-order valence-electron chi connectivity index (χ4n) is 3.53. The zero-order valence-electron chi connectivity index (χ0n) is 15.6. The van der Waals surface area contributed by atoms with Crippen LogP contribution in [0.4, 0.5) is 0 Å². The van der Waals surface area contributed by atoms with Gasteiger partial charge in [0.05, 0.1) is 42.4 Å². The lowest BCUT2D eigenvalue weighted by Crippen LogP contribution is -2.41. The Labute approximate surface area is 164 Å². The number of rotatable bonds is 7. The van der Waals surface area contributed by atoms with Crippen LogP contribution in [0.2, 0.25) is 5.02 Å². The highest BCUT2D eigenvalue weighted by atomic mass is 35.5. The summed E-state index contributed by atoms with van der Waals surface area (Å²) in [5.74, 6) is 0.974. The van der Waals surface area contributed by atoms with Crippen LogP contribution in [0, 0.1) is 6.92 Å². The summed E-state index contributed by atoms with van der Waals surface area (Å²) >= 11 is 6.22. The van der Waals surface area contributed by atoms with Crippen molar-refractivity contribution in [3.05, 3.63) is 58.9 Å². The Hall–Kier alpha value is -1.86. The van der Waals surface area contributed by atoms with Crippen molar-refractivity contribution in [1.82, 2.24) is 19.2 Å². The van der Waals surface area contributed by atoms with Crippen LogP contribution < -0.4 is 0 Å². The second-order valence-electron chi connectivity index (χ2n) is 6.96. The van der Waals surface area contributed by atoms with Crippen molar-refractivity contribution in [2.45, 2.75) is 20.0 Å². The maximum Gasteiger partial charge on any atom is 0.137 e. The molecule has 1 fully saturated rings. The number of fused-ring (bicyclic) bond motifs is 1. The normalized spacial score (nSPS) is 15.8. The summed E-state index contributed by atoms with van der Waals surface area (Å²) in [7, 11) is 0. The molecule has 0 unspecified atom stereocenters. The number of nitrogens with zero attached hydrogens (tertiary/aromatic N) is 4. The monoisotopic (exact) mass is 388 g/mol. The minimum atomic E-state index is 0.715. The molecule has 0 bridgehead atoms. The molecule has 0 aromatic carbocycles. The third-order valence-electron chi connectivity index (χ3n) is 5.05. The first-order chi connectivity index (χ1) is 13.2. The summed E-state index contributed by atoms with van der Waals surface area (Å²) in [6.07, 6.45) is 3.67. The largest absolute Gasteiger partial charge is 0.468 e. The number of aryl methyl sites for hydroxylation is 1. The van der Waals surface area contributed by atoms with E-state index in [9.17, 15) is 0 Å². The minimum Gasteiger partial charge on any atom is -0.468 e. The number of imidazole rings is 1. The number of hydrogen-bond donors (Lipinski definition) is 0. The van der Waals surface area contributed by atoms with E-state index in [-0.39, 0.29) is 0 Å². The molecule has 6 nitrogen and oxygen atoms in total. The number of halogens is 1. The minimum absolute atomic E-state index is 0.715. The number of ether oxygens (including phenoxy) is 1. The van der Waals surface area contributed by atoms with Crippen molar-refractivity contribution in [3.8, 4) is 0 Å². The van der Waals surface area contributed by atoms with Crippen LogP contribution in [0.25, 0.3) is 5.65 Å². The van der Waals surface area contributed by atoms with E-state index in [0.29, 0.717) is 5.02 Å².